The standard InChI is InChI=1S/C14H13FN2O2S2/c1-2-12-16-14(21-17-12)20-8-10-5-9(3-4-13(18)19)6-11(15)7-10/h3-7H,2,8H2,1H3,(H,18,19)/b4-3+. The van der Waals surface area contributed by atoms with Crippen molar-refractivity contribution in [2.75, 3.05) is 0 Å². The fourth-order valence-corrected chi connectivity index (χ4v) is 3.23. The van der Waals surface area contributed by atoms with Crippen molar-refractivity contribution in [3.63, 3.8) is 0 Å². The predicted molar refractivity (Wildman–Crippen MR) is 81.9 cm³/mol. The minimum atomic E-state index is -1.06. The van der Waals surface area contributed by atoms with E-state index in [1.807, 2.05) is 6.92 Å². The first-order valence-corrected chi connectivity index (χ1v) is 7.98. The molecule has 0 aliphatic carbocycles. The number of hydrogen-bond acceptors (Lipinski definition) is 5. The molecular formula is C14H13FN2O2S2. The Labute approximate surface area is 129 Å². The Morgan fingerprint density at radius 3 is 2.95 bits per heavy atom. The molecule has 1 heterocycles. The molecule has 2 aromatic rings. The van der Waals surface area contributed by atoms with Gasteiger partial charge in [0, 0.05) is 18.2 Å². The molecule has 1 aromatic heterocycles. The second-order valence-corrected chi connectivity index (χ2v) is 6.16. The maximum absolute atomic E-state index is 13.5. The van der Waals surface area contributed by atoms with Crippen LogP contribution in [0.15, 0.2) is 28.6 Å². The number of rotatable bonds is 6. The number of nitrogens with zero attached hydrogens (tertiary/aromatic N) is 2. The molecule has 0 unspecified atom stereocenters. The molecule has 0 saturated heterocycles. The Kier molecular flexibility index (Phi) is 5.46. The molecule has 0 fully saturated rings. The van der Waals surface area contributed by atoms with Gasteiger partial charge in [-0.2, -0.15) is 4.37 Å². The highest BCUT2D eigenvalue weighted by Gasteiger charge is 2.05. The van der Waals surface area contributed by atoms with Crippen LogP contribution in [0.25, 0.3) is 6.08 Å². The van der Waals surface area contributed by atoms with Crippen molar-refractivity contribution in [3.8, 4) is 0 Å². The molecule has 21 heavy (non-hydrogen) atoms. The minimum Gasteiger partial charge on any atom is -0.478 e. The first-order chi connectivity index (χ1) is 10.1. The largest absolute Gasteiger partial charge is 0.478 e. The number of thioether (sulfide) groups is 1. The van der Waals surface area contributed by atoms with Gasteiger partial charge in [0.25, 0.3) is 0 Å². The van der Waals surface area contributed by atoms with Crippen LogP contribution < -0.4 is 0 Å². The van der Waals surface area contributed by atoms with E-state index in [1.54, 1.807) is 6.07 Å². The van der Waals surface area contributed by atoms with E-state index in [0.29, 0.717) is 11.3 Å². The zero-order valence-electron chi connectivity index (χ0n) is 11.2. The van der Waals surface area contributed by atoms with Gasteiger partial charge in [0.2, 0.25) is 0 Å². The Hall–Kier alpha value is -1.73. The summed E-state index contributed by atoms with van der Waals surface area (Å²) in [5, 5.41) is 8.59. The van der Waals surface area contributed by atoms with E-state index in [9.17, 15) is 9.18 Å². The third-order valence-electron chi connectivity index (χ3n) is 2.53. The molecular weight excluding hydrogens is 311 g/mol. The summed E-state index contributed by atoms with van der Waals surface area (Å²) in [7, 11) is 0. The van der Waals surface area contributed by atoms with Crippen molar-refractivity contribution in [3.05, 3.63) is 47.0 Å². The lowest BCUT2D eigenvalue weighted by Gasteiger charge is -2.02. The molecule has 0 spiro atoms. The minimum absolute atomic E-state index is 0.385. The van der Waals surface area contributed by atoms with Crippen molar-refractivity contribution < 1.29 is 14.3 Å². The molecule has 4 nitrogen and oxygen atoms in total. The van der Waals surface area contributed by atoms with E-state index < -0.39 is 5.97 Å². The molecule has 0 amide bonds. The van der Waals surface area contributed by atoms with Crippen LogP contribution in [0.1, 0.15) is 23.9 Å². The van der Waals surface area contributed by atoms with Crippen molar-refractivity contribution in [2.45, 2.75) is 23.4 Å². The Morgan fingerprint density at radius 1 is 1.48 bits per heavy atom. The summed E-state index contributed by atoms with van der Waals surface area (Å²) in [6.07, 6.45) is 3.16. The Morgan fingerprint density at radius 2 is 2.29 bits per heavy atom. The van der Waals surface area contributed by atoms with Gasteiger partial charge in [0.1, 0.15) is 11.6 Å². The summed E-state index contributed by atoms with van der Waals surface area (Å²) >= 11 is 2.82. The maximum atomic E-state index is 13.5. The monoisotopic (exact) mass is 324 g/mol. The summed E-state index contributed by atoms with van der Waals surface area (Å²) in [6.45, 7) is 1.99. The molecule has 0 atom stereocenters. The number of carboxylic acids is 1. The maximum Gasteiger partial charge on any atom is 0.328 e. The smallest absolute Gasteiger partial charge is 0.328 e. The summed E-state index contributed by atoms with van der Waals surface area (Å²) in [6, 6.07) is 4.50. The van der Waals surface area contributed by atoms with Crippen LogP contribution in [-0.4, -0.2) is 20.4 Å². The molecule has 110 valence electrons. The highest BCUT2D eigenvalue weighted by Crippen LogP contribution is 2.25. The summed E-state index contributed by atoms with van der Waals surface area (Å²) in [5.41, 5.74) is 1.30. The van der Waals surface area contributed by atoms with Crippen LogP contribution in [0, 0.1) is 5.82 Å². The molecule has 1 aromatic carbocycles. The normalized spacial score (nSPS) is 11.1. The van der Waals surface area contributed by atoms with Crippen LogP contribution in [0.3, 0.4) is 0 Å². The number of carbonyl (C=O) groups is 1. The molecule has 1 N–H and O–H groups in total. The van der Waals surface area contributed by atoms with E-state index in [2.05, 4.69) is 9.36 Å². The van der Waals surface area contributed by atoms with Crippen molar-refractivity contribution >= 4 is 35.3 Å². The SMILES string of the molecule is CCc1nsc(SCc2cc(F)cc(/C=C/C(=O)O)c2)n1. The second kappa shape index (κ2) is 7.33. The molecule has 2 rings (SSSR count). The zero-order valence-corrected chi connectivity index (χ0v) is 12.9. The van der Waals surface area contributed by atoms with Gasteiger partial charge in [-0.1, -0.05) is 24.8 Å². The van der Waals surface area contributed by atoms with Crippen LogP contribution in [0.5, 0.6) is 0 Å². The van der Waals surface area contributed by atoms with Gasteiger partial charge < -0.3 is 5.11 Å². The topological polar surface area (TPSA) is 63.1 Å². The highest BCUT2D eigenvalue weighted by atomic mass is 32.2. The third-order valence-corrected chi connectivity index (χ3v) is 4.47. The van der Waals surface area contributed by atoms with Gasteiger partial charge in [0.15, 0.2) is 4.34 Å². The van der Waals surface area contributed by atoms with Crippen molar-refractivity contribution in [1.29, 1.82) is 0 Å². The molecule has 0 aliphatic heterocycles. The summed E-state index contributed by atoms with van der Waals surface area (Å²) in [4.78, 5) is 14.8. The quantitative estimate of drug-likeness (QED) is 0.649. The number of aromatic nitrogens is 2. The summed E-state index contributed by atoms with van der Waals surface area (Å²) in [5.74, 6) is -0.0723. The predicted octanol–water partition coefficient (Wildman–Crippen LogP) is 3.63. The van der Waals surface area contributed by atoms with E-state index in [-0.39, 0.29) is 5.82 Å². The number of aryl methyl sites for hydroxylation is 1. The van der Waals surface area contributed by atoms with E-state index >= 15 is 0 Å². The van der Waals surface area contributed by atoms with Crippen molar-refractivity contribution in [2.24, 2.45) is 0 Å². The van der Waals surface area contributed by atoms with E-state index in [0.717, 1.165) is 28.2 Å². The fraction of sp³-hybridized carbons (Fsp3) is 0.214. The molecule has 0 saturated carbocycles. The van der Waals surface area contributed by atoms with Crippen LogP contribution in [-0.2, 0) is 17.0 Å². The lowest BCUT2D eigenvalue weighted by atomic mass is 10.1. The highest BCUT2D eigenvalue weighted by molar-refractivity contribution is 8.00. The lowest BCUT2D eigenvalue weighted by molar-refractivity contribution is -0.131. The number of halogens is 1. The van der Waals surface area contributed by atoms with Crippen LogP contribution in [0.4, 0.5) is 4.39 Å². The van der Waals surface area contributed by atoms with Crippen molar-refractivity contribution in [1.82, 2.24) is 9.36 Å². The van der Waals surface area contributed by atoms with Crippen LogP contribution in [0.2, 0.25) is 0 Å². The second-order valence-electron chi connectivity index (χ2n) is 4.18. The van der Waals surface area contributed by atoms with E-state index in [4.69, 9.17) is 5.11 Å². The lowest BCUT2D eigenvalue weighted by Crippen LogP contribution is -1.89. The van der Waals surface area contributed by atoms with E-state index in [1.165, 1.54) is 41.5 Å². The Balaban J connectivity index is 2.07. The first kappa shape index (κ1) is 15.7. The van der Waals surface area contributed by atoms with Gasteiger partial charge in [-0.05, 0) is 40.9 Å². The molecule has 0 bridgehead atoms. The average Bonchev–Trinajstić information content (AvgIpc) is 2.90. The fourth-order valence-electron chi connectivity index (χ4n) is 1.61. The van der Waals surface area contributed by atoms with Gasteiger partial charge in [0.05, 0.1) is 0 Å². The van der Waals surface area contributed by atoms with Gasteiger partial charge in [-0.15, -0.1) is 0 Å². The van der Waals surface area contributed by atoms with Crippen LogP contribution >= 0.6 is 23.3 Å². The number of aliphatic carboxylic acids is 1. The van der Waals surface area contributed by atoms with Gasteiger partial charge in [-0.25, -0.2) is 14.2 Å². The Bertz CT molecular complexity index is 671. The number of carboxylic acid groups (broad SMARTS) is 1. The number of benzene rings is 1. The third kappa shape index (κ3) is 4.95. The zero-order chi connectivity index (χ0) is 15.2. The molecule has 7 heteroatoms. The average molecular weight is 324 g/mol. The first-order valence-electron chi connectivity index (χ1n) is 6.22. The van der Waals surface area contributed by atoms with Gasteiger partial charge >= 0.3 is 5.97 Å². The summed E-state index contributed by atoms with van der Waals surface area (Å²) < 4.78 is 18.6. The number of hydrogen-bond donors (Lipinski definition) is 1. The molecule has 0 radical (unpaired) electrons. The van der Waals surface area contributed by atoms with Gasteiger partial charge in [-0.3, -0.25) is 0 Å². The molecule has 0 aliphatic rings.